The molecule has 0 aromatic rings. The van der Waals surface area contributed by atoms with E-state index in [1.54, 1.807) is 7.05 Å². The van der Waals surface area contributed by atoms with Crippen molar-refractivity contribution in [2.75, 3.05) is 7.05 Å². The van der Waals surface area contributed by atoms with Gasteiger partial charge in [-0.25, -0.2) is 0 Å². The quantitative estimate of drug-likeness (QED) is 0.404. The standard InChI is InChI=1S/C16H31NO/c1-4-6-8-10-12-14-15(16(18)17-3)13-11-9-7-5-2/h5,15H,2,4,6-14H2,1,3H3,(H,17,18). The molecule has 0 saturated heterocycles. The van der Waals surface area contributed by atoms with Crippen molar-refractivity contribution in [2.45, 2.75) is 71.1 Å². The molecule has 2 nitrogen and oxygen atoms in total. The van der Waals surface area contributed by atoms with Crippen LogP contribution in [0.3, 0.4) is 0 Å². The van der Waals surface area contributed by atoms with Crippen LogP contribution in [0.1, 0.15) is 71.1 Å². The van der Waals surface area contributed by atoms with Gasteiger partial charge in [-0.1, -0.05) is 51.5 Å². The van der Waals surface area contributed by atoms with E-state index in [9.17, 15) is 4.79 Å². The zero-order chi connectivity index (χ0) is 13.6. The molecule has 0 heterocycles. The summed E-state index contributed by atoms with van der Waals surface area (Å²) in [6.07, 6.45) is 13.8. The molecule has 0 aliphatic carbocycles. The van der Waals surface area contributed by atoms with Crippen molar-refractivity contribution >= 4 is 5.91 Å². The van der Waals surface area contributed by atoms with Gasteiger partial charge in [0.2, 0.25) is 5.91 Å². The van der Waals surface area contributed by atoms with E-state index >= 15 is 0 Å². The Hall–Kier alpha value is -0.790. The van der Waals surface area contributed by atoms with Gasteiger partial charge >= 0.3 is 0 Å². The summed E-state index contributed by atoms with van der Waals surface area (Å²) in [5, 5.41) is 2.80. The molecule has 0 aromatic carbocycles. The fourth-order valence-corrected chi connectivity index (χ4v) is 2.28. The molecule has 0 bridgehead atoms. The second kappa shape index (κ2) is 12.7. The molecule has 1 amide bonds. The van der Waals surface area contributed by atoms with Crippen molar-refractivity contribution in [3.8, 4) is 0 Å². The highest BCUT2D eigenvalue weighted by Crippen LogP contribution is 2.18. The lowest BCUT2D eigenvalue weighted by Crippen LogP contribution is -2.27. The highest BCUT2D eigenvalue weighted by Gasteiger charge is 2.15. The molecule has 1 N–H and O–H groups in total. The Morgan fingerprint density at radius 1 is 1.11 bits per heavy atom. The normalized spacial score (nSPS) is 12.1. The van der Waals surface area contributed by atoms with E-state index in [0.29, 0.717) is 0 Å². The lowest BCUT2D eigenvalue weighted by atomic mass is 9.94. The van der Waals surface area contributed by atoms with Gasteiger partial charge in [0.15, 0.2) is 0 Å². The molecule has 0 aliphatic rings. The zero-order valence-corrected chi connectivity index (χ0v) is 12.3. The number of hydrogen-bond acceptors (Lipinski definition) is 1. The predicted octanol–water partition coefficient (Wildman–Crippen LogP) is 4.46. The molecular weight excluding hydrogens is 222 g/mol. The molecule has 2 heteroatoms. The summed E-state index contributed by atoms with van der Waals surface area (Å²) in [6.45, 7) is 5.96. The maximum atomic E-state index is 11.8. The second-order valence-corrected chi connectivity index (χ2v) is 5.09. The average molecular weight is 253 g/mol. The van der Waals surface area contributed by atoms with Crippen LogP contribution >= 0.6 is 0 Å². The number of allylic oxidation sites excluding steroid dienone is 1. The molecule has 106 valence electrons. The number of unbranched alkanes of at least 4 members (excludes halogenated alkanes) is 6. The van der Waals surface area contributed by atoms with E-state index in [2.05, 4.69) is 18.8 Å². The van der Waals surface area contributed by atoms with Gasteiger partial charge in [-0.3, -0.25) is 4.79 Å². The van der Waals surface area contributed by atoms with Crippen LogP contribution < -0.4 is 5.32 Å². The van der Waals surface area contributed by atoms with Crippen molar-refractivity contribution in [3.05, 3.63) is 12.7 Å². The molecule has 18 heavy (non-hydrogen) atoms. The van der Waals surface area contributed by atoms with E-state index in [1.165, 1.54) is 32.1 Å². The molecule has 0 aliphatic heterocycles. The summed E-state index contributed by atoms with van der Waals surface area (Å²) in [6, 6.07) is 0. The Labute approximate surface area is 113 Å². The predicted molar refractivity (Wildman–Crippen MR) is 79.6 cm³/mol. The highest BCUT2D eigenvalue weighted by atomic mass is 16.1. The van der Waals surface area contributed by atoms with Gasteiger partial charge in [0, 0.05) is 13.0 Å². The summed E-state index contributed by atoms with van der Waals surface area (Å²) < 4.78 is 0. The number of nitrogens with one attached hydrogen (secondary N) is 1. The lowest BCUT2D eigenvalue weighted by Gasteiger charge is -2.15. The SMILES string of the molecule is C=CCCCCC(CCCCCCC)C(=O)NC. The minimum absolute atomic E-state index is 0.224. The first kappa shape index (κ1) is 17.2. The van der Waals surface area contributed by atoms with Gasteiger partial charge in [0.05, 0.1) is 0 Å². The first-order valence-corrected chi connectivity index (χ1v) is 7.58. The monoisotopic (exact) mass is 253 g/mol. The topological polar surface area (TPSA) is 29.1 Å². The van der Waals surface area contributed by atoms with Crippen molar-refractivity contribution in [3.63, 3.8) is 0 Å². The molecule has 0 aromatic heterocycles. The summed E-state index contributed by atoms with van der Waals surface area (Å²) >= 11 is 0. The maximum absolute atomic E-state index is 11.8. The van der Waals surface area contributed by atoms with Crippen LogP contribution in [0, 0.1) is 5.92 Å². The number of hydrogen-bond donors (Lipinski definition) is 1. The summed E-state index contributed by atoms with van der Waals surface area (Å²) in [5.74, 6) is 0.450. The lowest BCUT2D eigenvalue weighted by molar-refractivity contribution is -0.125. The molecule has 0 saturated carbocycles. The van der Waals surface area contributed by atoms with Gasteiger partial charge in [-0.15, -0.1) is 6.58 Å². The van der Waals surface area contributed by atoms with E-state index in [1.807, 2.05) is 6.08 Å². The van der Waals surface area contributed by atoms with Crippen LogP contribution in [0.5, 0.6) is 0 Å². The second-order valence-electron chi connectivity index (χ2n) is 5.09. The molecule has 0 radical (unpaired) electrons. The Morgan fingerprint density at radius 3 is 2.28 bits per heavy atom. The van der Waals surface area contributed by atoms with Crippen molar-refractivity contribution in [1.82, 2.24) is 5.32 Å². The summed E-state index contributed by atoms with van der Waals surface area (Å²) in [7, 11) is 1.75. The third kappa shape index (κ3) is 9.26. The smallest absolute Gasteiger partial charge is 0.222 e. The van der Waals surface area contributed by atoms with Gasteiger partial charge in [-0.05, 0) is 25.7 Å². The van der Waals surface area contributed by atoms with Crippen LogP contribution in [0.15, 0.2) is 12.7 Å². The molecule has 0 fully saturated rings. The van der Waals surface area contributed by atoms with Gasteiger partial charge in [0.1, 0.15) is 0 Å². The number of carbonyl (C=O) groups excluding carboxylic acids is 1. The zero-order valence-electron chi connectivity index (χ0n) is 12.3. The third-order valence-corrected chi connectivity index (χ3v) is 3.48. The minimum atomic E-state index is 0.224. The van der Waals surface area contributed by atoms with Crippen molar-refractivity contribution < 1.29 is 4.79 Å². The molecule has 1 atom stereocenters. The van der Waals surface area contributed by atoms with Crippen LogP contribution in [0.25, 0.3) is 0 Å². The maximum Gasteiger partial charge on any atom is 0.222 e. The average Bonchev–Trinajstić information content (AvgIpc) is 2.40. The third-order valence-electron chi connectivity index (χ3n) is 3.48. The first-order chi connectivity index (χ1) is 8.76. The fraction of sp³-hybridized carbons (Fsp3) is 0.812. The molecular formula is C16H31NO. The van der Waals surface area contributed by atoms with E-state index in [0.717, 1.165) is 32.1 Å². The van der Waals surface area contributed by atoms with E-state index in [4.69, 9.17) is 0 Å². The Morgan fingerprint density at radius 2 is 1.72 bits per heavy atom. The van der Waals surface area contributed by atoms with Crippen LogP contribution in [0.2, 0.25) is 0 Å². The van der Waals surface area contributed by atoms with Gasteiger partial charge in [0.25, 0.3) is 0 Å². The molecule has 0 spiro atoms. The van der Waals surface area contributed by atoms with Crippen LogP contribution in [-0.2, 0) is 4.79 Å². The van der Waals surface area contributed by atoms with Gasteiger partial charge in [-0.2, -0.15) is 0 Å². The summed E-state index contributed by atoms with van der Waals surface area (Å²) in [5.41, 5.74) is 0. The largest absolute Gasteiger partial charge is 0.359 e. The first-order valence-electron chi connectivity index (χ1n) is 7.58. The molecule has 1 unspecified atom stereocenters. The van der Waals surface area contributed by atoms with E-state index in [-0.39, 0.29) is 11.8 Å². The van der Waals surface area contributed by atoms with Crippen LogP contribution in [0.4, 0.5) is 0 Å². The Balaban J connectivity index is 3.77. The van der Waals surface area contributed by atoms with Crippen molar-refractivity contribution in [2.24, 2.45) is 5.92 Å². The Bertz CT molecular complexity index is 213. The van der Waals surface area contributed by atoms with Gasteiger partial charge < -0.3 is 5.32 Å². The number of carbonyl (C=O) groups is 1. The highest BCUT2D eigenvalue weighted by molar-refractivity contribution is 5.78. The molecule has 0 rings (SSSR count). The number of amides is 1. The van der Waals surface area contributed by atoms with Crippen molar-refractivity contribution in [1.29, 1.82) is 0 Å². The summed E-state index contributed by atoms with van der Waals surface area (Å²) in [4.78, 5) is 11.8. The number of rotatable bonds is 12. The Kier molecular flexibility index (Phi) is 12.1. The van der Waals surface area contributed by atoms with E-state index < -0.39 is 0 Å². The minimum Gasteiger partial charge on any atom is -0.359 e. The van der Waals surface area contributed by atoms with Crippen LogP contribution in [-0.4, -0.2) is 13.0 Å². The fourth-order valence-electron chi connectivity index (χ4n) is 2.28.